The molecule has 1 heterocycles. The van der Waals surface area contributed by atoms with Crippen LogP contribution < -0.4 is 5.32 Å². The zero-order valence-corrected chi connectivity index (χ0v) is 14.8. The number of hydrogen-bond donors (Lipinski definition) is 2. The van der Waals surface area contributed by atoms with Crippen LogP contribution in [0.25, 0.3) is 5.69 Å². The molecule has 3 rings (SSSR count). The molecule has 0 bridgehead atoms. The minimum absolute atomic E-state index is 0.0219. The topological polar surface area (TPSA) is 67.2 Å². The average Bonchev–Trinajstić information content (AvgIpc) is 3.22. The van der Waals surface area contributed by atoms with Gasteiger partial charge in [-0.05, 0) is 37.3 Å². The molecule has 2 atom stereocenters. The Morgan fingerprint density at radius 1 is 1.54 bits per heavy atom. The fourth-order valence-electron chi connectivity index (χ4n) is 3.34. The van der Waals surface area contributed by atoms with Gasteiger partial charge in [0.2, 0.25) is 0 Å². The minimum Gasteiger partial charge on any atom is -0.396 e. The molecule has 1 aromatic heterocycles. The van der Waals surface area contributed by atoms with E-state index in [9.17, 15) is 9.90 Å². The number of thioether (sulfide) groups is 1. The molecule has 1 fully saturated rings. The standard InChI is InChI=1S/C18H23N3O2S/c1-18(12-22)8-4-7-15(18)20-16(23)13-5-3-6-14(11-13)21-10-9-19-17(21)24-2/h3,5-6,9-11,15,22H,4,7-8,12H2,1-2H3,(H,20,23). The number of hydrogen-bond acceptors (Lipinski definition) is 4. The number of amides is 1. The molecule has 6 heteroatoms. The van der Waals surface area contributed by atoms with Crippen LogP contribution in [0.15, 0.2) is 41.8 Å². The highest BCUT2D eigenvalue weighted by Crippen LogP contribution is 2.37. The summed E-state index contributed by atoms with van der Waals surface area (Å²) < 4.78 is 1.97. The van der Waals surface area contributed by atoms with Gasteiger partial charge in [0.1, 0.15) is 0 Å². The second kappa shape index (κ2) is 6.99. The van der Waals surface area contributed by atoms with Crippen molar-refractivity contribution in [3.8, 4) is 5.69 Å². The number of imidazole rings is 1. The summed E-state index contributed by atoms with van der Waals surface area (Å²) in [5.74, 6) is -0.0887. The quantitative estimate of drug-likeness (QED) is 0.818. The van der Waals surface area contributed by atoms with Crippen LogP contribution in [0, 0.1) is 5.41 Å². The molecule has 2 unspecified atom stereocenters. The zero-order valence-electron chi connectivity index (χ0n) is 14.0. The lowest BCUT2D eigenvalue weighted by Gasteiger charge is -2.30. The van der Waals surface area contributed by atoms with E-state index in [1.165, 1.54) is 0 Å². The molecule has 0 spiro atoms. The number of aliphatic hydroxyl groups excluding tert-OH is 1. The summed E-state index contributed by atoms with van der Waals surface area (Å²) >= 11 is 1.56. The Labute approximate surface area is 146 Å². The summed E-state index contributed by atoms with van der Waals surface area (Å²) in [4.78, 5) is 17.0. The fraction of sp³-hybridized carbons (Fsp3) is 0.444. The molecule has 5 nitrogen and oxygen atoms in total. The number of carbonyl (C=O) groups is 1. The fourth-order valence-corrected chi connectivity index (χ4v) is 3.87. The van der Waals surface area contributed by atoms with Crippen molar-refractivity contribution >= 4 is 17.7 Å². The molecule has 1 aromatic carbocycles. The first-order chi connectivity index (χ1) is 11.6. The van der Waals surface area contributed by atoms with E-state index < -0.39 is 0 Å². The normalized spacial score (nSPS) is 23.4. The first kappa shape index (κ1) is 17.0. The van der Waals surface area contributed by atoms with Gasteiger partial charge in [-0.2, -0.15) is 0 Å². The molecular weight excluding hydrogens is 322 g/mol. The number of nitrogens with zero attached hydrogens (tertiary/aromatic N) is 2. The lowest BCUT2D eigenvalue weighted by atomic mass is 9.85. The smallest absolute Gasteiger partial charge is 0.251 e. The Morgan fingerprint density at radius 2 is 2.38 bits per heavy atom. The van der Waals surface area contributed by atoms with E-state index >= 15 is 0 Å². The Hall–Kier alpha value is -1.79. The summed E-state index contributed by atoms with van der Waals surface area (Å²) in [5.41, 5.74) is 1.32. The first-order valence-corrected chi connectivity index (χ1v) is 9.39. The van der Waals surface area contributed by atoms with Crippen LogP contribution in [0.3, 0.4) is 0 Å². The van der Waals surface area contributed by atoms with Crippen LogP contribution in [0.4, 0.5) is 0 Å². The maximum absolute atomic E-state index is 12.7. The van der Waals surface area contributed by atoms with Gasteiger partial charge in [0.15, 0.2) is 5.16 Å². The first-order valence-electron chi connectivity index (χ1n) is 8.17. The summed E-state index contributed by atoms with van der Waals surface area (Å²) in [6, 6.07) is 7.57. The predicted octanol–water partition coefficient (Wildman–Crippen LogP) is 2.88. The van der Waals surface area contributed by atoms with Crippen molar-refractivity contribution in [2.45, 2.75) is 37.4 Å². The summed E-state index contributed by atoms with van der Waals surface area (Å²) in [6.45, 7) is 2.14. The number of nitrogens with one attached hydrogen (secondary N) is 1. The van der Waals surface area contributed by atoms with Gasteiger partial charge in [-0.1, -0.05) is 31.2 Å². The zero-order chi connectivity index (χ0) is 17.2. The van der Waals surface area contributed by atoms with E-state index in [0.717, 1.165) is 30.1 Å². The van der Waals surface area contributed by atoms with Gasteiger partial charge in [-0.15, -0.1) is 0 Å². The molecule has 1 aliphatic rings. The summed E-state index contributed by atoms with van der Waals surface area (Å²) in [7, 11) is 0. The van der Waals surface area contributed by atoms with Crippen molar-refractivity contribution in [3.05, 3.63) is 42.2 Å². The highest BCUT2D eigenvalue weighted by Gasteiger charge is 2.39. The second-order valence-electron chi connectivity index (χ2n) is 6.56. The predicted molar refractivity (Wildman–Crippen MR) is 95.6 cm³/mol. The molecule has 0 aliphatic heterocycles. The van der Waals surface area contributed by atoms with E-state index in [1.54, 1.807) is 18.0 Å². The SMILES string of the molecule is CSc1nccn1-c1cccc(C(=O)NC2CCCC2(C)CO)c1. The third kappa shape index (κ3) is 3.21. The lowest BCUT2D eigenvalue weighted by molar-refractivity contribution is 0.0830. The maximum Gasteiger partial charge on any atom is 0.251 e. The van der Waals surface area contributed by atoms with Gasteiger partial charge < -0.3 is 10.4 Å². The van der Waals surface area contributed by atoms with Crippen molar-refractivity contribution < 1.29 is 9.90 Å². The molecule has 1 saturated carbocycles. The monoisotopic (exact) mass is 345 g/mol. The average molecular weight is 345 g/mol. The van der Waals surface area contributed by atoms with Gasteiger partial charge in [-0.3, -0.25) is 9.36 Å². The highest BCUT2D eigenvalue weighted by atomic mass is 32.2. The van der Waals surface area contributed by atoms with E-state index in [2.05, 4.69) is 10.3 Å². The maximum atomic E-state index is 12.7. The van der Waals surface area contributed by atoms with Crippen LogP contribution in [-0.4, -0.2) is 39.5 Å². The molecule has 128 valence electrons. The molecule has 2 N–H and O–H groups in total. The van der Waals surface area contributed by atoms with E-state index in [1.807, 2.05) is 48.2 Å². The van der Waals surface area contributed by atoms with Gasteiger partial charge in [0.05, 0.1) is 6.61 Å². The largest absolute Gasteiger partial charge is 0.396 e. The molecular formula is C18H23N3O2S. The second-order valence-corrected chi connectivity index (χ2v) is 7.34. The number of rotatable bonds is 5. The molecule has 24 heavy (non-hydrogen) atoms. The van der Waals surface area contributed by atoms with Gasteiger partial charge in [0.25, 0.3) is 5.91 Å². The van der Waals surface area contributed by atoms with Crippen LogP contribution in [0.1, 0.15) is 36.5 Å². The molecule has 2 aromatic rings. The Morgan fingerprint density at radius 3 is 3.12 bits per heavy atom. The van der Waals surface area contributed by atoms with Crippen LogP contribution in [0.5, 0.6) is 0 Å². The number of aromatic nitrogens is 2. The number of carbonyl (C=O) groups excluding carboxylic acids is 1. The molecule has 1 amide bonds. The van der Waals surface area contributed by atoms with E-state index in [4.69, 9.17) is 0 Å². The third-order valence-corrected chi connectivity index (χ3v) is 5.59. The summed E-state index contributed by atoms with van der Waals surface area (Å²) in [6.07, 6.45) is 8.52. The van der Waals surface area contributed by atoms with Gasteiger partial charge in [-0.25, -0.2) is 4.98 Å². The number of benzene rings is 1. The third-order valence-electron chi connectivity index (χ3n) is 4.92. The van der Waals surface area contributed by atoms with Crippen LogP contribution in [-0.2, 0) is 0 Å². The van der Waals surface area contributed by atoms with Crippen molar-refractivity contribution in [1.29, 1.82) is 0 Å². The van der Waals surface area contributed by atoms with Crippen LogP contribution in [0.2, 0.25) is 0 Å². The van der Waals surface area contributed by atoms with E-state index in [0.29, 0.717) is 5.56 Å². The Bertz CT molecular complexity index is 731. The molecule has 0 radical (unpaired) electrons. The lowest BCUT2D eigenvalue weighted by Crippen LogP contribution is -2.44. The Kier molecular flexibility index (Phi) is 4.96. The van der Waals surface area contributed by atoms with Crippen LogP contribution >= 0.6 is 11.8 Å². The minimum atomic E-state index is -0.219. The van der Waals surface area contributed by atoms with Gasteiger partial charge in [0, 0.05) is 35.1 Å². The highest BCUT2D eigenvalue weighted by molar-refractivity contribution is 7.98. The molecule has 0 saturated heterocycles. The number of aliphatic hydroxyl groups is 1. The van der Waals surface area contributed by atoms with Crippen molar-refractivity contribution in [1.82, 2.24) is 14.9 Å². The van der Waals surface area contributed by atoms with Crippen molar-refractivity contribution in [3.63, 3.8) is 0 Å². The van der Waals surface area contributed by atoms with Crippen molar-refractivity contribution in [2.75, 3.05) is 12.9 Å². The van der Waals surface area contributed by atoms with Gasteiger partial charge >= 0.3 is 0 Å². The van der Waals surface area contributed by atoms with Crippen molar-refractivity contribution in [2.24, 2.45) is 5.41 Å². The Balaban J connectivity index is 1.80. The summed E-state index contributed by atoms with van der Waals surface area (Å²) in [5, 5.41) is 13.6. The molecule has 1 aliphatic carbocycles. The van der Waals surface area contributed by atoms with E-state index in [-0.39, 0.29) is 24.0 Å².